The monoisotopic (exact) mass is 414 g/mol. The summed E-state index contributed by atoms with van der Waals surface area (Å²) in [5.74, 6) is -3.03. The second-order valence-electron chi connectivity index (χ2n) is 7.20. The Morgan fingerprint density at radius 1 is 1.10 bits per heavy atom. The number of likely N-dealkylation sites (tertiary alicyclic amines) is 1. The van der Waals surface area contributed by atoms with Crippen molar-refractivity contribution in [3.8, 4) is 0 Å². The lowest BCUT2D eigenvalue weighted by atomic mass is 9.97. The van der Waals surface area contributed by atoms with Crippen LogP contribution < -0.4 is 4.31 Å². The van der Waals surface area contributed by atoms with E-state index in [4.69, 9.17) is 0 Å². The van der Waals surface area contributed by atoms with Gasteiger partial charge in [-0.3, -0.25) is 23.6 Å². The molecule has 1 aliphatic rings. The summed E-state index contributed by atoms with van der Waals surface area (Å²) < 4.78 is 25.7. The zero-order valence-corrected chi connectivity index (χ0v) is 17.3. The standard InChI is InChI=1S/C21H22N2O5S/c1-14-9-10-15(2)18(11-14)23(29(3,27)28)13-19(24)22-12-17(20(25)21(22)26)16-7-5-4-6-8-16/h4-11,17H,12-13H2,1-3H3/t17-/m1/s1. The second kappa shape index (κ2) is 7.79. The van der Waals surface area contributed by atoms with Gasteiger partial charge in [0.15, 0.2) is 0 Å². The van der Waals surface area contributed by atoms with Crippen molar-refractivity contribution >= 4 is 33.3 Å². The molecule has 0 spiro atoms. The van der Waals surface area contributed by atoms with Crippen molar-refractivity contribution in [3.05, 3.63) is 65.2 Å². The van der Waals surface area contributed by atoms with Crippen LogP contribution in [-0.4, -0.2) is 50.3 Å². The second-order valence-corrected chi connectivity index (χ2v) is 9.10. The highest BCUT2D eigenvalue weighted by Crippen LogP contribution is 2.27. The molecule has 1 fully saturated rings. The highest BCUT2D eigenvalue weighted by molar-refractivity contribution is 7.92. The van der Waals surface area contributed by atoms with E-state index in [2.05, 4.69) is 0 Å². The number of hydrogen-bond acceptors (Lipinski definition) is 5. The molecule has 8 heteroatoms. The van der Waals surface area contributed by atoms with Crippen molar-refractivity contribution in [1.29, 1.82) is 0 Å². The topological polar surface area (TPSA) is 91.8 Å². The first-order valence-corrected chi connectivity index (χ1v) is 10.9. The first-order chi connectivity index (χ1) is 13.6. The van der Waals surface area contributed by atoms with Crippen molar-refractivity contribution in [2.45, 2.75) is 19.8 Å². The molecule has 1 aliphatic heterocycles. The van der Waals surface area contributed by atoms with Gasteiger partial charge in [0, 0.05) is 6.54 Å². The minimum absolute atomic E-state index is 0.0923. The van der Waals surface area contributed by atoms with E-state index in [1.54, 1.807) is 49.4 Å². The lowest BCUT2D eigenvalue weighted by Gasteiger charge is -2.25. The van der Waals surface area contributed by atoms with Gasteiger partial charge in [0.25, 0.3) is 5.91 Å². The molecule has 1 heterocycles. The molecule has 29 heavy (non-hydrogen) atoms. The fourth-order valence-corrected chi connectivity index (χ4v) is 4.26. The van der Waals surface area contributed by atoms with Crippen LogP contribution in [0, 0.1) is 13.8 Å². The molecule has 152 valence electrons. The number of carbonyl (C=O) groups excluding carboxylic acids is 3. The van der Waals surface area contributed by atoms with E-state index in [1.807, 2.05) is 13.0 Å². The largest absolute Gasteiger partial charge is 0.297 e. The quantitative estimate of drug-likeness (QED) is 0.696. The summed E-state index contributed by atoms with van der Waals surface area (Å²) in [4.78, 5) is 38.5. The van der Waals surface area contributed by atoms with Crippen LogP contribution in [0.5, 0.6) is 0 Å². The third-order valence-electron chi connectivity index (χ3n) is 4.95. The smallest absolute Gasteiger partial charge is 0.288 e. The number of rotatable bonds is 5. The number of carbonyl (C=O) groups is 3. The average molecular weight is 414 g/mol. The van der Waals surface area contributed by atoms with Gasteiger partial charge in [-0.25, -0.2) is 8.42 Å². The maximum atomic E-state index is 12.9. The molecule has 0 bridgehead atoms. The summed E-state index contributed by atoms with van der Waals surface area (Å²) in [6, 6.07) is 14.0. The minimum atomic E-state index is -3.79. The Morgan fingerprint density at radius 2 is 1.76 bits per heavy atom. The maximum Gasteiger partial charge on any atom is 0.297 e. The number of amides is 2. The van der Waals surface area contributed by atoms with Crippen molar-refractivity contribution in [3.63, 3.8) is 0 Å². The summed E-state index contributed by atoms with van der Waals surface area (Å²) in [6.07, 6.45) is 1.01. The number of sulfonamides is 1. The van der Waals surface area contributed by atoms with Gasteiger partial charge in [0.1, 0.15) is 6.54 Å². The zero-order chi connectivity index (χ0) is 21.3. The van der Waals surface area contributed by atoms with Crippen LogP contribution in [0.4, 0.5) is 5.69 Å². The predicted molar refractivity (Wildman–Crippen MR) is 109 cm³/mol. The molecule has 0 saturated carbocycles. The molecule has 2 amide bonds. The van der Waals surface area contributed by atoms with E-state index in [1.165, 1.54) is 0 Å². The molecule has 0 unspecified atom stereocenters. The van der Waals surface area contributed by atoms with E-state index in [9.17, 15) is 22.8 Å². The zero-order valence-electron chi connectivity index (χ0n) is 16.5. The fourth-order valence-electron chi connectivity index (χ4n) is 3.37. The summed E-state index contributed by atoms with van der Waals surface area (Å²) in [7, 11) is -3.79. The van der Waals surface area contributed by atoms with Gasteiger partial charge in [-0.2, -0.15) is 0 Å². The number of nitrogens with zero attached hydrogens (tertiary/aromatic N) is 2. The number of imide groups is 1. The van der Waals surface area contributed by atoms with Gasteiger partial charge in [-0.05, 0) is 36.6 Å². The number of benzene rings is 2. The normalized spacial score (nSPS) is 16.9. The van der Waals surface area contributed by atoms with Gasteiger partial charge in [0.05, 0.1) is 17.9 Å². The third-order valence-corrected chi connectivity index (χ3v) is 6.08. The molecule has 1 saturated heterocycles. The molecule has 2 aromatic rings. The number of ketones is 1. The Kier molecular flexibility index (Phi) is 5.57. The lowest BCUT2D eigenvalue weighted by Crippen LogP contribution is -2.44. The number of anilines is 1. The van der Waals surface area contributed by atoms with Crippen LogP contribution in [0.3, 0.4) is 0 Å². The highest BCUT2D eigenvalue weighted by Gasteiger charge is 2.43. The van der Waals surface area contributed by atoms with Crippen LogP contribution in [0.25, 0.3) is 0 Å². The molecule has 2 aromatic carbocycles. The van der Waals surface area contributed by atoms with Crippen molar-refractivity contribution in [2.24, 2.45) is 0 Å². The number of hydrogen-bond donors (Lipinski definition) is 0. The Labute approximate surface area is 170 Å². The molecule has 3 rings (SSSR count). The Balaban J connectivity index is 1.88. The predicted octanol–water partition coefficient (Wildman–Crippen LogP) is 1.79. The van der Waals surface area contributed by atoms with Gasteiger partial charge in [-0.15, -0.1) is 0 Å². The van der Waals surface area contributed by atoms with Crippen LogP contribution in [0.15, 0.2) is 48.5 Å². The molecular weight excluding hydrogens is 392 g/mol. The van der Waals surface area contributed by atoms with E-state index >= 15 is 0 Å². The van der Waals surface area contributed by atoms with Gasteiger partial charge in [0.2, 0.25) is 21.7 Å². The van der Waals surface area contributed by atoms with Crippen molar-refractivity contribution in [2.75, 3.05) is 23.7 Å². The molecule has 0 aliphatic carbocycles. The van der Waals surface area contributed by atoms with Crippen LogP contribution in [0.1, 0.15) is 22.6 Å². The summed E-state index contributed by atoms with van der Waals surface area (Å²) in [5, 5.41) is 0. The maximum absolute atomic E-state index is 12.9. The Bertz CT molecular complexity index is 1080. The third kappa shape index (κ3) is 4.22. The first-order valence-electron chi connectivity index (χ1n) is 9.08. The van der Waals surface area contributed by atoms with Gasteiger partial charge >= 0.3 is 0 Å². The lowest BCUT2D eigenvalue weighted by molar-refractivity contribution is -0.146. The van der Waals surface area contributed by atoms with Crippen LogP contribution >= 0.6 is 0 Å². The molecule has 0 aromatic heterocycles. The summed E-state index contributed by atoms with van der Waals surface area (Å²) in [5.41, 5.74) is 2.54. The first kappa shape index (κ1) is 20.7. The Hall–Kier alpha value is -3.00. The molecule has 0 N–H and O–H groups in total. The van der Waals surface area contributed by atoms with E-state index in [-0.39, 0.29) is 6.54 Å². The number of aryl methyl sites for hydroxylation is 2. The number of Topliss-reactive ketones (excluding diaryl/α,β-unsaturated/α-hetero) is 1. The van der Waals surface area contributed by atoms with E-state index < -0.39 is 40.1 Å². The molecule has 7 nitrogen and oxygen atoms in total. The summed E-state index contributed by atoms with van der Waals surface area (Å²) >= 11 is 0. The van der Waals surface area contributed by atoms with Crippen molar-refractivity contribution < 1.29 is 22.8 Å². The highest BCUT2D eigenvalue weighted by atomic mass is 32.2. The van der Waals surface area contributed by atoms with Gasteiger partial charge in [-0.1, -0.05) is 42.5 Å². The fraction of sp³-hybridized carbons (Fsp3) is 0.286. The van der Waals surface area contributed by atoms with E-state index in [0.29, 0.717) is 16.8 Å². The Morgan fingerprint density at radius 3 is 2.38 bits per heavy atom. The van der Waals surface area contributed by atoms with Crippen LogP contribution in [0.2, 0.25) is 0 Å². The molecular formula is C21H22N2O5S. The van der Waals surface area contributed by atoms with Gasteiger partial charge < -0.3 is 0 Å². The average Bonchev–Trinajstić information content (AvgIpc) is 2.97. The van der Waals surface area contributed by atoms with E-state index in [0.717, 1.165) is 21.0 Å². The SMILES string of the molecule is Cc1ccc(C)c(N(CC(=O)N2C[C@H](c3ccccc3)C(=O)C2=O)S(C)(=O)=O)c1. The molecule has 1 atom stereocenters. The molecule has 0 radical (unpaired) electrons. The summed E-state index contributed by atoms with van der Waals surface area (Å²) in [6.45, 7) is 2.92. The minimum Gasteiger partial charge on any atom is -0.288 e. The van der Waals surface area contributed by atoms with Crippen molar-refractivity contribution in [1.82, 2.24) is 4.90 Å². The van der Waals surface area contributed by atoms with Crippen LogP contribution in [-0.2, 0) is 24.4 Å².